The maximum absolute atomic E-state index is 12.5. The van der Waals surface area contributed by atoms with Gasteiger partial charge in [-0.2, -0.15) is 5.10 Å². The molecule has 2 aromatic heterocycles. The van der Waals surface area contributed by atoms with Gasteiger partial charge in [0.2, 0.25) is 0 Å². The first-order valence-corrected chi connectivity index (χ1v) is 9.75. The minimum atomic E-state index is -0.411. The van der Waals surface area contributed by atoms with E-state index in [1.165, 1.54) is 6.20 Å². The van der Waals surface area contributed by atoms with Crippen molar-refractivity contribution in [1.29, 1.82) is 0 Å². The highest BCUT2D eigenvalue weighted by Crippen LogP contribution is 2.20. The number of nitrogens with one attached hydrogen (secondary N) is 3. The van der Waals surface area contributed by atoms with Gasteiger partial charge in [0, 0.05) is 22.8 Å². The molecule has 1 aliphatic carbocycles. The molecule has 3 N–H and O–H groups in total. The number of aromatic amines is 2. The Morgan fingerprint density at radius 3 is 2.93 bits per heavy atom. The molecule has 2 heterocycles. The van der Waals surface area contributed by atoms with Crippen LogP contribution < -0.4 is 10.9 Å². The smallest absolute Gasteiger partial charge is 0.263 e. The molecule has 4 rings (SSSR count). The van der Waals surface area contributed by atoms with Crippen LogP contribution in [0.3, 0.4) is 0 Å². The summed E-state index contributed by atoms with van der Waals surface area (Å²) in [5.74, 6) is 0.696. The zero-order valence-electron chi connectivity index (χ0n) is 14.6. The number of carbonyl (C=O) groups excluding carboxylic acids is 1. The highest BCUT2D eigenvalue weighted by molar-refractivity contribution is 7.98. The summed E-state index contributed by atoms with van der Waals surface area (Å²) >= 11 is 1.58. The van der Waals surface area contributed by atoms with Gasteiger partial charge in [-0.25, -0.2) is 4.98 Å². The molecular weight excluding hydrogens is 362 g/mol. The number of hydrogen-bond acceptors (Lipinski definition) is 5. The van der Waals surface area contributed by atoms with Crippen LogP contribution in [-0.2, 0) is 18.6 Å². The molecule has 1 atom stereocenters. The lowest BCUT2D eigenvalue weighted by atomic mass is 9.93. The number of fused-ring (bicyclic) bond motifs is 1. The van der Waals surface area contributed by atoms with Crippen LogP contribution in [0.4, 0.5) is 0 Å². The van der Waals surface area contributed by atoms with Gasteiger partial charge in [-0.15, -0.1) is 11.8 Å². The molecule has 1 aromatic carbocycles. The Morgan fingerprint density at radius 1 is 1.26 bits per heavy atom. The molecule has 3 aromatic rings. The number of nitrogens with zero attached hydrogens (tertiary/aromatic N) is 2. The Morgan fingerprint density at radius 2 is 2.11 bits per heavy atom. The van der Waals surface area contributed by atoms with Crippen molar-refractivity contribution in [3.63, 3.8) is 0 Å². The maximum atomic E-state index is 12.5. The van der Waals surface area contributed by atoms with E-state index in [0.717, 1.165) is 29.0 Å². The summed E-state index contributed by atoms with van der Waals surface area (Å²) in [4.78, 5) is 32.8. The largest absolute Gasteiger partial charge is 0.349 e. The number of rotatable bonds is 5. The van der Waals surface area contributed by atoms with Gasteiger partial charge in [0.15, 0.2) is 0 Å². The van der Waals surface area contributed by atoms with Crippen LogP contribution in [0.1, 0.15) is 33.9 Å². The molecule has 0 radical (unpaired) electrons. The van der Waals surface area contributed by atoms with Gasteiger partial charge in [0.25, 0.3) is 11.5 Å². The van der Waals surface area contributed by atoms with Crippen molar-refractivity contribution in [3.05, 3.63) is 75.7 Å². The van der Waals surface area contributed by atoms with E-state index in [0.29, 0.717) is 18.0 Å². The standard InChI is InChI=1S/C19H19N5O2S/c25-18(22-13-6-7-16-12(8-13)9-21-24-16)15-10-20-17(23-19(15)26)11-27-14-4-2-1-3-5-14/h1-5,9-10,13H,6-8,11H2,(H,21,24)(H,22,25)(H,20,23,26)/t13-/m0/s1. The van der Waals surface area contributed by atoms with Crippen LogP contribution in [0.5, 0.6) is 0 Å². The third-order valence-electron chi connectivity index (χ3n) is 4.57. The topological polar surface area (TPSA) is 104 Å². The number of H-pyrrole nitrogens is 2. The summed E-state index contributed by atoms with van der Waals surface area (Å²) in [5.41, 5.74) is 1.87. The third-order valence-corrected chi connectivity index (χ3v) is 5.59. The summed E-state index contributed by atoms with van der Waals surface area (Å²) in [6, 6.07) is 9.88. The fraction of sp³-hybridized carbons (Fsp3) is 0.263. The zero-order chi connectivity index (χ0) is 18.6. The zero-order valence-corrected chi connectivity index (χ0v) is 15.4. The van der Waals surface area contributed by atoms with Crippen molar-refractivity contribution in [2.45, 2.75) is 36.0 Å². The monoisotopic (exact) mass is 381 g/mol. The summed E-state index contributed by atoms with van der Waals surface area (Å²) < 4.78 is 0. The van der Waals surface area contributed by atoms with Gasteiger partial charge in [-0.3, -0.25) is 14.7 Å². The molecule has 138 valence electrons. The Hall–Kier alpha value is -2.87. The SMILES string of the molecule is O=C(N[C@H]1CCc2[nH]ncc2C1)c1cnc(CSc2ccccc2)[nH]c1=O. The molecule has 0 bridgehead atoms. The lowest BCUT2D eigenvalue weighted by Crippen LogP contribution is -2.40. The molecule has 0 saturated carbocycles. The van der Waals surface area contributed by atoms with E-state index in [-0.39, 0.29) is 17.5 Å². The molecule has 1 amide bonds. The van der Waals surface area contributed by atoms with Gasteiger partial charge in [0.05, 0.1) is 11.9 Å². The predicted octanol–water partition coefficient (Wildman–Crippen LogP) is 2.07. The normalized spacial score (nSPS) is 15.9. The first-order valence-electron chi connectivity index (χ1n) is 8.77. The first-order chi connectivity index (χ1) is 13.2. The fourth-order valence-corrected chi connectivity index (χ4v) is 3.94. The van der Waals surface area contributed by atoms with E-state index in [9.17, 15) is 9.59 Å². The summed E-state index contributed by atoms with van der Waals surface area (Å²) in [6.45, 7) is 0. The van der Waals surface area contributed by atoms with Gasteiger partial charge >= 0.3 is 0 Å². The average Bonchev–Trinajstić information content (AvgIpc) is 3.15. The van der Waals surface area contributed by atoms with Gasteiger partial charge in [0.1, 0.15) is 11.4 Å². The Balaban J connectivity index is 1.39. The van der Waals surface area contributed by atoms with Crippen molar-refractivity contribution >= 4 is 17.7 Å². The molecule has 0 spiro atoms. The highest BCUT2D eigenvalue weighted by atomic mass is 32.2. The molecule has 0 unspecified atom stereocenters. The van der Waals surface area contributed by atoms with E-state index in [1.54, 1.807) is 18.0 Å². The third kappa shape index (κ3) is 4.11. The molecule has 7 nitrogen and oxygen atoms in total. The van der Waals surface area contributed by atoms with Gasteiger partial charge in [-0.1, -0.05) is 18.2 Å². The molecular formula is C19H19N5O2S. The number of aryl methyl sites for hydroxylation is 1. The predicted molar refractivity (Wildman–Crippen MR) is 103 cm³/mol. The van der Waals surface area contributed by atoms with Crippen LogP contribution >= 0.6 is 11.8 Å². The lowest BCUT2D eigenvalue weighted by Gasteiger charge is -2.22. The molecule has 8 heteroatoms. The van der Waals surface area contributed by atoms with Crippen molar-refractivity contribution in [2.24, 2.45) is 0 Å². The molecule has 27 heavy (non-hydrogen) atoms. The van der Waals surface area contributed by atoms with Crippen molar-refractivity contribution in [2.75, 3.05) is 0 Å². The number of hydrogen-bond donors (Lipinski definition) is 3. The first kappa shape index (κ1) is 17.5. The summed E-state index contributed by atoms with van der Waals surface area (Å²) in [6.07, 6.45) is 5.53. The highest BCUT2D eigenvalue weighted by Gasteiger charge is 2.23. The Labute approximate surface area is 160 Å². The number of amides is 1. The van der Waals surface area contributed by atoms with E-state index < -0.39 is 5.56 Å². The van der Waals surface area contributed by atoms with Crippen molar-refractivity contribution in [1.82, 2.24) is 25.5 Å². The van der Waals surface area contributed by atoms with E-state index in [1.807, 2.05) is 30.3 Å². The molecule has 1 aliphatic rings. The second kappa shape index (κ2) is 7.79. The number of thioether (sulfide) groups is 1. The van der Waals surface area contributed by atoms with E-state index in [2.05, 4.69) is 25.5 Å². The Bertz CT molecular complexity index is 999. The summed E-state index contributed by atoms with van der Waals surface area (Å²) in [7, 11) is 0. The molecule has 0 aliphatic heterocycles. The molecule has 0 saturated heterocycles. The number of benzene rings is 1. The average molecular weight is 381 g/mol. The van der Waals surface area contributed by atoms with E-state index in [4.69, 9.17) is 0 Å². The second-order valence-electron chi connectivity index (χ2n) is 6.46. The quantitative estimate of drug-likeness (QED) is 0.587. The minimum absolute atomic E-state index is 0.00434. The van der Waals surface area contributed by atoms with Crippen molar-refractivity contribution < 1.29 is 4.79 Å². The van der Waals surface area contributed by atoms with Gasteiger partial charge < -0.3 is 10.3 Å². The van der Waals surface area contributed by atoms with Crippen molar-refractivity contribution in [3.8, 4) is 0 Å². The summed E-state index contributed by atoms with van der Waals surface area (Å²) in [5, 5.41) is 9.94. The van der Waals surface area contributed by atoms with Crippen LogP contribution in [-0.4, -0.2) is 32.1 Å². The lowest BCUT2D eigenvalue weighted by molar-refractivity contribution is 0.0931. The Kier molecular flexibility index (Phi) is 5.06. The van der Waals surface area contributed by atoms with Crippen LogP contribution in [0.2, 0.25) is 0 Å². The van der Waals surface area contributed by atoms with Crippen LogP contribution in [0, 0.1) is 0 Å². The minimum Gasteiger partial charge on any atom is -0.349 e. The number of aromatic nitrogens is 4. The van der Waals surface area contributed by atoms with E-state index >= 15 is 0 Å². The maximum Gasteiger partial charge on any atom is 0.263 e. The molecule has 0 fully saturated rings. The van der Waals surface area contributed by atoms with Crippen LogP contribution in [0.15, 0.2) is 52.4 Å². The fourth-order valence-electron chi connectivity index (χ4n) is 3.14. The van der Waals surface area contributed by atoms with Gasteiger partial charge in [-0.05, 0) is 37.0 Å². The second-order valence-corrected chi connectivity index (χ2v) is 7.51. The number of carbonyl (C=O) groups is 1. The van der Waals surface area contributed by atoms with Crippen LogP contribution in [0.25, 0.3) is 0 Å².